The van der Waals surface area contributed by atoms with Gasteiger partial charge in [-0.2, -0.15) is 0 Å². The van der Waals surface area contributed by atoms with E-state index in [-0.39, 0.29) is 19.5 Å². The number of carbonyl (C=O) groups is 1. The minimum atomic E-state index is -0.00120. The molecule has 2 unspecified atom stereocenters. The van der Waals surface area contributed by atoms with Crippen LogP contribution < -0.4 is 0 Å². The van der Waals surface area contributed by atoms with Gasteiger partial charge in [0.2, 0.25) is 0 Å². The Kier molecular flexibility index (Phi) is 8.51. The maximum absolute atomic E-state index is 11.4. The van der Waals surface area contributed by atoms with Crippen LogP contribution in [0.4, 0.5) is 4.79 Å². The molecule has 2 aliphatic heterocycles. The van der Waals surface area contributed by atoms with Gasteiger partial charge in [-0.15, -0.1) is 0 Å². The molecule has 2 heterocycles. The van der Waals surface area contributed by atoms with Gasteiger partial charge in [0, 0.05) is 33.9 Å². The molecule has 0 spiro atoms. The summed E-state index contributed by atoms with van der Waals surface area (Å²) >= 11 is 10.4. The zero-order chi connectivity index (χ0) is 18.9. The summed E-state index contributed by atoms with van der Waals surface area (Å²) in [6, 6.07) is 0.471. The molecular formula is C18H34N4OS2. The van der Waals surface area contributed by atoms with Gasteiger partial charge in [0.05, 0.1) is 12.1 Å². The van der Waals surface area contributed by atoms with Crippen molar-refractivity contribution in [2.75, 3.05) is 28.2 Å². The second kappa shape index (κ2) is 8.94. The second-order valence-corrected chi connectivity index (χ2v) is 7.90. The standard InChI is InChI=1S/C9H16N2S.C8H14N2OS.CH4/c1-6(2)8-7(3)10(4)9(12)11(8)5;1-5(2)6-7(12)10(4)8(11)9(6)3;/h6,8H,3H2,1-2,4-5H3;5-6H,1-4H3;1H4. The molecule has 25 heavy (non-hydrogen) atoms. The highest BCUT2D eigenvalue weighted by atomic mass is 32.1. The Morgan fingerprint density at radius 2 is 1.32 bits per heavy atom. The summed E-state index contributed by atoms with van der Waals surface area (Å²) < 4.78 is 0. The van der Waals surface area contributed by atoms with E-state index in [1.807, 2.05) is 19.0 Å². The van der Waals surface area contributed by atoms with Crippen molar-refractivity contribution in [2.45, 2.75) is 47.2 Å². The number of likely N-dealkylation sites (N-methyl/N-ethyl adjacent to an activating group) is 4. The molecule has 0 radical (unpaired) electrons. The molecule has 2 rings (SSSR count). The summed E-state index contributed by atoms with van der Waals surface area (Å²) in [5, 5.41) is 0.874. The Morgan fingerprint density at radius 1 is 0.880 bits per heavy atom. The van der Waals surface area contributed by atoms with Crippen molar-refractivity contribution >= 4 is 40.6 Å². The molecule has 2 amide bonds. The number of thiocarbonyl (C=S) groups is 2. The molecule has 0 aromatic carbocycles. The van der Waals surface area contributed by atoms with E-state index >= 15 is 0 Å². The van der Waals surface area contributed by atoms with Crippen LogP contribution in [0.2, 0.25) is 0 Å². The molecule has 2 aliphatic rings. The Balaban J connectivity index is 0.000000443. The Labute approximate surface area is 164 Å². The SMILES string of the molecule is C.C=C1C(C(C)C)N(C)C(=S)N1C.CC(C)C1C(=S)N(C)C(=O)N1C. The summed E-state index contributed by atoms with van der Waals surface area (Å²) in [5.41, 5.74) is 1.11. The van der Waals surface area contributed by atoms with Crippen molar-refractivity contribution in [2.24, 2.45) is 11.8 Å². The van der Waals surface area contributed by atoms with Gasteiger partial charge in [0.25, 0.3) is 0 Å². The Hall–Kier alpha value is -1.21. The van der Waals surface area contributed by atoms with Crippen molar-refractivity contribution < 1.29 is 4.79 Å². The maximum Gasteiger partial charge on any atom is 0.325 e. The number of urea groups is 1. The van der Waals surface area contributed by atoms with E-state index in [0.29, 0.717) is 17.9 Å². The van der Waals surface area contributed by atoms with Gasteiger partial charge in [-0.25, -0.2) is 4.79 Å². The second-order valence-electron chi connectivity index (χ2n) is 7.11. The lowest BCUT2D eigenvalue weighted by Gasteiger charge is -2.23. The largest absolute Gasteiger partial charge is 0.343 e. The first-order valence-corrected chi connectivity index (χ1v) is 8.98. The summed E-state index contributed by atoms with van der Waals surface area (Å²) in [4.78, 5) is 19.5. The van der Waals surface area contributed by atoms with Crippen molar-refractivity contribution in [1.29, 1.82) is 0 Å². The Bertz CT molecular complexity index is 499. The molecule has 2 atom stereocenters. The van der Waals surface area contributed by atoms with Crippen LogP contribution >= 0.6 is 24.4 Å². The van der Waals surface area contributed by atoms with Gasteiger partial charge in [0.15, 0.2) is 5.11 Å². The van der Waals surface area contributed by atoms with Crippen molar-refractivity contribution in [1.82, 2.24) is 19.6 Å². The number of carbonyl (C=O) groups excluding carboxylic acids is 1. The summed E-state index contributed by atoms with van der Waals surface area (Å²) in [7, 11) is 7.53. The van der Waals surface area contributed by atoms with Gasteiger partial charge in [0.1, 0.15) is 4.99 Å². The number of hydrogen-bond donors (Lipinski definition) is 0. The van der Waals surface area contributed by atoms with E-state index < -0.39 is 0 Å². The van der Waals surface area contributed by atoms with Crippen LogP contribution in [-0.4, -0.2) is 76.0 Å². The monoisotopic (exact) mass is 386 g/mol. The van der Waals surface area contributed by atoms with E-state index in [9.17, 15) is 4.79 Å². The van der Waals surface area contributed by atoms with Crippen molar-refractivity contribution in [3.8, 4) is 0 Å². The van der Waals surface area contributed by atoms with Crippen molar-refractivity contribution in [3.05, 3.63) is 12.3 Å². The molecule has 2 fully saturated rings. The average molecular weight is 387 g/mol. The van der Waals surface area contributed by atoms with E-state index in [2.05, 4.69) is 39.2 Å². The highest BCUT2D eigenvalue weighted by Gasteiger charge is 2.39. The van der Waals surface area contributed by atoms with Crippen LogP contribution in [-0.2, 0) is 0 Å². The highest BCUT2D eigenvalue weighted by Crippen LogP contribution is 2.27. The van der Waals surface area contributed by atoms with Crippen LogP contribution in [0.25, 0.3) is 0 Å². The van der Waals surface area contributed by atoms with Crippen LogP contribution in [0.3, 0.4) is 0 Å². The smallest absolute Gasteiger partial charge is 0.325 e. The minimum absolute atomic E-state index is 0. The molecular weight excluding hydrogens is 352 g/mol. The lowest BCUT2D eigenvalue weighted by atomic mass is 10.0. The predicted molar refractivity (Wildman–Crippen MR) is 115 cm³/mol. The molecule has 0 aromatic heterocycles. The van der Waals surface area contributed by atoms with E-state index in [1.54, 1.807) is 23.9 Å². The molecule has 0 N–H and O–H groups in total. The number of amides is 2. The Morgan fingerprint density at radius 3 is 1.48 bits per heavy atom. The summed E-state index contributed by atoms with van der Waals surface area (Å²) in [6.45, 7) is 12.6. The number of rotatable bonds is 2. The molecule has 2 saturated heterocycles. The minimum Gasteiger partial charge on any atom is -0.343 e. The molecule has 7 heteroatoms. The maximum atomic E-state index is 11.4. The van der Waals surface area contributed by atoms with Crippen LogP contribution in [0.15, 0.2) is 12.3 Å². The molecule has 0 saturated carbocycles. The fourth-order valence-corrected chi connectivity index (χ4v) is 4.02. The highest BCUT2D eigenvalue weighted by molar-refractivity contribution is 7.80. The first kappa shape index (κ1) is 23.8. The van der Waals surface area contributed by atoms with Crippen LogP contribution in [0.1, 0.15) is 35.1 Å². The molecule has 144 valence electrons. The van der Waals surface area contributed by atoms with Gasteiger partial charge >= 0.3 is 6.03 Å². The van der Waals surface area contributed by atoms with E-state index in [0.717, 1.165) is 15.8 Å². The first-order valence-electron chi connectivity index (χ1n) is 8.17. The lowest BCUT2D eigenvalue weighted by molar-refractivity contribution is 0.196. The topological polar surface area (TPSA) is 30.0 Å². The predicted octanol–water partition coefficient (Wildman–Crippen LogP) is 3.66. The van der Waals surface area contributed by atoms with Gasteiger partial charge in [-0.3, -0.25) is 4.90 Å². The third-order valence-electron chi connectivity index (χ3n) is 4.63. The number of nitrogens with zero attached hydrogens (tertiary/aromatic N) is 4. The fraction of sp³-hybridized carbons (Fsp3) is 0.722. The summed E-state index contributed by atoms with van der Waals surface area (Å²) in [5.74, 6) is 0.946. The van der Waals surface area contributed by atoms with Gasteiger partial charge in [-0.1, -0.05) is 53.9 Å². The van der Waals surface area contributed by atoms with Gasteiger partial charge in [-0.05, 0) is 24.1 Å². The average Bonchev–Trinajstić information content (AvgIpc) is 2.80. The van der Waals surface area contributed by atoms with Crippen molar-refractivity contribution in [3.63, 3.8) is 0 Å². The quantitative estimate of drug-likeness (QED) is 0.676. The van der Waals surface area contributed by atoms with E-state index in [4.69, 9.17) is 24.4 Å². The lowest BCUT2D eigenvalue weighted by Crippen LogP contribution is -2.35. The van der Waals surface area contributed by atoms with E-state index in [1.165, 1.54) is 0 Å². The number of hydrogen-bond acceptors (Lipinski definition) is 3. The third kappa shape index (κ3) is 4.50. The van der Waals surface area contributed by atoms with Crippen LogP contribution in [0.5, 0.6) is 0 Å². The molecule has 0 aliphatic carbocycles. The summed E-state index contributed by atoms with van der Waals surface area (Å²) in [6.07, 6.45) is 0. The fourth-order valence-electron chi connectivity index (χ4n) is 3.28. The molecule has 0 aromatic rings. The zero-order valence-electron chi connectivity index (χ0n) is 16.0. The van der Waals surface area contributed by atoms with Crippen LogP contribution in [0, 0.1) is 11.8 Å². The first-order chi connectivity index (χ1) is 10.9. The zero-order valence-corrected chi connectivity index (χ0v) is 17.7. The molecule has 0 bridgehead atoms. The third-order valence-corrected chi connectivity index (χ3v) is 5.71. The normalized spacial score (nSPS) is 23.6. The molecule has 5 nitrogen and oxygen atoms in total. The van der Waals surface area contributed by atoms with Gasteiger partial charge < -0.3 is 14.7 Å².